The molecule has 0 unspecified atom stereocenters. The van der Waals surface area contributed by atoms with E-state index in [0.29, 0.717) is 25.9 Å². The Morgan fingerprint density at radius 3 is 2.37 bits per heavy atom. The molecule has 2 aromatic carbocycles. The fourth-order valence-corrected chi connectivity index (χ4v) is 5.09. The lowest BCUT2D eigenvalue weighted by Crippen LogP contribution is -2.50. The Bertz CT molecular complexity index is 1070. The number of urea groups is 1. The number of piperidine rings is 1. The Morgan fingerprint density at radius 2 is 1.67 bits per heavy atom. The summed E-state index contributed by atoms with van der Waals surface area (Å²) in [5.41, 5.74) is 5.69. The van der Waals surface area contributed by atoms with Gasteiger partial charge >= 0.3 is 6.03 Å². The Balaban J connectivity index is 1.39. The third-order valence-electron chi connectivity index (χ3n) is 6.00. The zero-order chi connectivity index (χ0) is 21.5. The maximum atomic E-state index is 12.9. The molecule has 1 heterocycles. The van der Waals surface area contributed by atoms with Crippen molar-refractivity contribution in [1.82, 2.24) is 9.62 Å². The van der Waals surface area contributed by atoms with Crippen LogP contribution < -0.4 is 10.0 Å². The molecule has 4 rings (SSSR count). The van der Waals surface area contributed by atoms with E-state index in [2.05, 4.69) is 28.2 Å². The van der Waals surface area contributed by atoms with E-state index in [0.717, 1.165) is 17.7 Å². The molecule has 2 N–H and O–H groups in total. The van der Waals surface area contributed by atoms with E-state index < -0.39 is 14.8 Å². The van der Waals surface area contributed by atoms with Gasteiger partial charge in [0.1, 0.15) is 0 Å². The highest BCUT2D eigenvalue weighted by molar-refractivity contribution is 7.90. The van der Waals surface area contributed by atoms with Crippen molar-refractivity contribution in [2.24, 2.45) is 0 Å². The zero-order valence-electron chi connectivity index (χ0n) is 17.7. The van der Waals surface area contributed by atoms with Crippen LogP contribution in [0.2, 0.25) is 0 Å². The molecule has 160 valence electrons. The van der Waals surface area contributed by atoms with Crippen LogP contribution in [0.5, 0.6) is 0 Å². The molecule has 6 nitrogen and oxygen atoms in total. The molecule has 2 amide bonds. The van der Waals surface area contributed by atoms with Crippen LogP contribution in [0, 0.1) is 0 Å². The summed E-state index contributed by atoms with van der Waals surface area (Å²) >= 11 is 0. The molecule has 2 aromatic rings. The van der Waals surface area contributed by atoms with Crippen molar-refractivity contribution in [3.05, 3.63) is 53.6 Å². The number of amides is 2. The first kappa shape index (κ1) is 20.9. The van der Waals surface area contributed by atoms with Crippen molar-refractivity contribution in [2.75, 3.05) is 18.4 Å². The second kappa shape index (κ2) is 7.71. The number of benzene rings is 2. The minimum Gasteiger partial charge on any atom is -0.324 e. The molecular weight excluding hydrogens is 398 g/mol. The normalized spacial score (nSPS) is 16.8. The van der Waals surface area contributed by atoms with E-state index in [4.69, 9.17) is 0 Å². The van der Waals surface area contributed by atoms with Crippen LogP contribution in [0.3, 0.4) is 0 Å². The number of rotatable bonds is 3. The van der Waals surface area contributed by atoms with Gasteiger partial charge in [-0.1, -0.05) is 36.4 Å². The summed E-state index contributed by atoms with van der Waals surface area (Å²) in [6, 6.07) is 14.1. The van der Waals surface area contributed by atoms with Gasteiger partial charge in [0.2, 0.25) is 10.0 Å². The van der Waals surface area contributed by atoms with E-state index in [1.807, 2.05) is 24.3 Å². The first-order valence-corrected chi connectivity index (χ1v) is 11.9. The maximum Gasteiger partial charge on any atom is 0.321 e. The number of likely N-dealkylation sites (tertiary alicyclic amines) is 1. The third-order valence-corrected chi connectivity index (χ3v) is 8.26. The van der Waals surface area contributed by atoms with Gasteiger partial charge < -0.3 is 10.2 Å². The van der Waals surface area contributed by atoms with Gasteiger partial charge in [-0.05, 0) is 61.9 Å². The summed E-state index contributed by atoms with van der Waals surface area (Å²) in [5.74, 6) is 0. The summed E-state index contributed by atoms with van der Waals surface area (Å²) in [6.45, 7) is 6.12. The van der Waals surface area contributed by atoms with E-state index in [-0.39, 0.29) is 12.1 Å². The first-order chi connectivity index (χ1) is 14.2. The number of hydrogen-bond acceptors (Lipinski definition) is 3. The minimum absolute atomic E-state index is 0.128. The van der Waals surface area contributed by atoms with Crippen LogP contribution >= 0.6 is 0 Å². The fourth-order valence-electron chi connectivity index (χ4n) is 4.07. The summed E-state index contributed by atoms with van der Waals surface area (Å²) in [6.07, 6.45) is 2.04. The van der Waals surface area contributed by atoms with Gasteiger partial charge in [0.25, 0.3) is 0 Å². The van der Waals surface area contributed by atoms with Gasteiger partial charge in [0.05, 0.1) is 4.75 Å². The molecule has 0 spiro atoms. The largest absolute Gasteiger partial charge is 0.324 e. The van der Waals surface area contributed by atoms with Gasteiger partial charge in [0.15, 0.2) is 0 Å². The maximum absolute atomic E-state index is 12.9. The van der Waals surface area contributed by atoms with Crippen molar-refractivity contribution >= 4 is 21.7 Å². The Morgan fingerprint density at radius 1 is 1.00 bits per heavy atom. The molecule has 1 aliphatic carbocycles. The van der Waals surface area contributed by atoms with Gasteiger partial charge in [-0.2, -0.15) is 0 Å². The van der Waals surface area contributed by atoms with Crippen LogP contribution in [-0.4, -0.2) is 43.2 Å². The van der Waals surface area contributed by atoms with E-state index >= 15 is 0 Å². The lowest BCUT2D eigenvalue weighted by Gasteiger charge is -2.33. The van der Waals surface area contributed by atoms with Crippen molar-refractivity contribution in [2.45, 2.75) is 50.8 Å². The molecule has 0 saturated carbocycles. The second-order valence-electron chi connectivity index (χ2n) is 9.09. The van der Waals surface area contributed by atoms with Crippen LogP contribution in [0.25, 0.3) is 11.1 Å². The molecule has 30 heavy (non-hydrogen) atoms. The summed E-state index contributed by atoms with van der Waals surface area (Å²) in [4.78, 5) is 14.6. The highest BCUT2D eigenvalue weighted by atomic mass is 32.2. The smallest absolute Gasteiger partial charge is 0.321 e. The van der Waals surface area contributed by atoms with Crippen LogP contribution in [0.15, 0.2) is 42.5 Å². The number of nitrogens with zero attached hydrogens (tertiary/aromatic N) is 1. The molecule has 1 fully saturated rings. The molecular formula is C23H29N3O3S. The fraction of sp³-hybridized carbons (Fsp3) is 0.435. The highest BCUT2D eigenvalue weighted by Crippen LogP contribution is 2.40. The number of fused-ring (bicyclic) bond motifs is 3. The summed E-state index contributed by atoms with van der Waals surface area (Å²) in [7, 11) is -3.39. The summed E-state index contributed by atoms with van der Waals surface area (Å²) in [5, 5.41) is 3.08. The molecule has 1 aliphatic heterocycles. The topological polar surface area (TPSA) is 78.5 Å². The quantitative estimate of drug-likeness (QED) is 0.664. The molecule has 0 atom stereocenters. The van der Waals surface area contributed by atoms with Crippen LogP contribution in [0.1, 0.15) is 44.7 Å². The molecule has 0 bridgehead atoms. The monoisotopic (exact) mass is 427 g/mol. The SMILES string of the molecule is CC(C)(C)S(=O)(=O)NC1CCN(C(=O)Nc2cccc3c2Cc2ccccc2-3)CC1. The number of carbonyl (C=O) groups is 1. The van der Waals surface area contributed by atoms with Crippen LogP contribution in [0.4, 0.5) is 10.5 Å². The molecule has 0 aromatic heterocycles. The van der Waals surface area contributed by atoms with Crippen molar-refractivity contribution in [3.8, 4) is 11.1 Å². The van der Waals surface area contributed by atoms with Crippen LogP contribution in [-0.2, 0) is 16.4 Å². The second-order valence-corrected chi connectivity index (χ2v) is 11.6. The minimum atomic E-state index is -3.39. The van der Waals surface area contributed by atoms with Crippen molar-refractivity contribution < 1.29 is 13.2 Å². The standard InChI is InChI=1S/C23H29N3O3S/c1-23(2,3)30(28,29)25-17-11-13-26(14-12-17)22(27)24-21-10-6-9-19-18-8-5-4-7-16(18)15-20(19)21/h4-10,17,25H,11-15H2,1-3H3,(H,24,27). The molecule has 2 aliphatic rings. The van der Waals surface area contributed by atoms with Gasteiger partial charge in [-0.25, -0.2) is 17.9 Å². The average molecular weight is 428 g/mol. The van der Waals surface area contributed by atoms with E-state index in [1.54, 1.807) is 25.7 Å². The van der Waals surface area contributed by atoms with Gasteiger partial charge in [0, 0.05) is 31.2 Å². The molecule has 7 heteroatoms. The predicted molar refractivity (Wildman–Crippen MR) is 120 cm³/mol. The Hall–Kier alpha value is -2.38. The molecule has 1 saturated heterocycles. The Kier molecular flexibility index (Phi) is 5.36. The average Bonchev–Trinajstić information content (AvgIpc) is 3.07. The van der Waals surface area contributed by atoms with Crippen molar-refractivity contribution in [1.29, 1.82) is 0 Å². The number of sulfonamides is 1. The Labute approximate surface area is 178 Å². The first-order valence-electron chi connectivity index (χ1n) is 10.4. The number of hydrogen-bond donors (Lipinski definition) is 2. The lowest BCUT2D eigenvalue weighted by atomic mass is 10.0. The van der Waals surface area contributed by atoms with E-state index in [9.17, 15) is 13.2 Å². The highest BCUT2D eigenvalue weighted by Gasteiger charge is 2.33. The summed E-state index contributed by atoms with van der Waals surface area (Å²) < 4.78 is 26.7. The number of nitrogens with one attached hydrogen (secondary N) is 2. The van der Waals surface area contributed by atoms with Crippen molar-refractivity contribution in [3.63, 3.8) is 0 Å². The third kappa shape index (κ3) is 3.96. The zero-order valence-corrected chi connectivity index (χ0v) is 18.6. The number of anilines is 1. The van der Waals surface area contributed by atoms with Gasteiger partial charge in [-0.3, -0.25) is 0 Å². The number of carbonyl (C=O) groups excluding carboxylic acids is 1. The lowest BCUT2D eigenvalue weighted by molar-refractivity contribution is 0.193. The predicted octanol–water partition coefficient (Wildman–Crippen LogP) is 3.97. The van der Waals surface area contributed by atoms with Gasteiger partial charge in [-0.15, -0.1) is 0 Å². The molecule has 0 radical (unpaired) electrons. The van der Waals surface area contributed by atoms with E-state index in [1.165, 1.54) is 16.7 Å².